The largest absolute Gasteiger partial charge is 0.468 e. The van der Waals surface area contributed by atoms with Gasteiger partial charge in [-0.2, -0.15) is 0 Å². The number of nitrogens with one attached hydrogen (secondary N) is 1. The van der Waals surface area contributed by atoms with E-state index in [-0.39, 0.29) is 17.3 Å². The first kappa shape index (κ1) is 18.9. The van der Waals surface area contributed by atoms with E-state index in [9.17, 15) is 13.2 Å². The molecule has 1 amide bonds. The second-order valence-corrected chi connectivity index (χ2v) is 8.57. The first-order valence-corrected chi connectivity index (χ1v) is 10.1. The smallest absolute Gasteiger partial charge is 0.251 e. The third kappa shape index (κ3) is 4.28. The summed E-state index contributed by atoms with van der Waals surface area (Å²) in [5, 5.41) is 1.71. The Balaban J connectivity index is 1.86. The van der Waals surface area contributed by atoms with Crippen LogP contribution in [-0.4, -0.2) is 20.9 Å². The van der Waals surface area contributed by atoms with E-state index in [0.717, 1.165) is 11.1 Å². The van der Waals surface area contributed by atoms with Crippen molar-refractivity contribution in [2.24, 2.45) is 0 Å². The standard InChI is InChI=1S/C21H21NO4S/c1-15-8-10-18(11-9-15)27(24,25)20(19-7-4-12-26-19)14-22-21(23)17-6-3-5-16(2)13-17/h3-13,20H,14H2,1-2H3,(H,22,23)/t20-/m1/s1. The van der Waals surface area contributed by atoms with Gasteiger partial charge in [0, 0.05) is 12.1 Å². The van der Waals surface area contributed by atoms with Crippen LogP contribution in [0.25, 0.3) is 0 Å². The molecule has 0 aliphatic heterocycles. The highest BCUT2D eigenvalue weighted by Crippen LogP contribution is 2.29. The fourth-order valence-corrected chi connectivity index (χ4v) is 4.39. The second-order valence-electron chi connectivity index (χ2n) is 6.44. The predicted octanol–water partition coefficient (Wildman–Crippen LogP) is 3.84. The third-order valence-electron chi connectivity index (χ3n) is 4.31. The van der Waals surface area contributed by atoms with Gasteiger partial charge in [0.1, 0.15) is 11.0 Å². The molecular formula is C21H21NO4S. The molecule has 0 saturated carbocycles. The van der Waals surface area contributed by atoms with Crippen molar-refractivity contribution < 1.29 is 17.6 Å². The lowest BCUT2D eigenvalue weighted by Crippen LogP contribution is -2.31. The summed E-state index contributed by atoms with van der Waals surface area (Å²) in [4.78, 5) is 12.6. The number of aryl methyl sites for hydroxylation is 2. The Morgan fingerprint density at radius 2 is 1.74 bits per heavy atom. The number of benzene rings is 2. The van der Waals surface area contributed by atoms with Crippen molar-refractivity contribution in [2.45, 2.75) is 24.0 Å². The van der Waals surface area contributed by atoms with E-state index in [0.29, 0.717) is 11.3 Å². The number of carbonyl (C=O) groups is 1. The highest BCUT2D eigenvalue weighted by atomic mass is 32.2. The number of amides is 1. The monoisotopic (exact) mass is 383 g/mol. The van der Waals surface area contributed by atoms with Crippen LogP contribution in [-0.2, 0) is 9.84 Å². The van der Waals surface area contributed by atoms with Crippen LogP contribution in [0.5, 0.6) is 0 Å². The van der Waals surface area contributed by atoms with E-state index in [4.69, 9.17) is 4.42 Å². The Hall–Kier alpha value is -2.86. The zero-order valence-corrected chi connectivity index (χ0v) is 16.0. The zero-order chi connectivity index (χ0) is 19.4. The highest BCUT2D eigenvalue weighted by Gasteiger charge is 2.31. The number of furan rings is 1. The minimum absolute atomic E-state index is 0.0868. The van der Waals surface area contributed by atoms with Crippen LogP contribution < -0.4 is 5.32 Å². The molecule has 3 rings (SSSR count). The molecule has 6 heteroatoms. The third-order valence-corrected chi connectivity index (χ3v) is 6.39. The molecular weight excluding hydrogens is 362 g/mol. The highest BCUT2D eigenvalue weighted by molar-refractivity contribution is 7.91. The van der Waals surface area contributed by atoms with E-state index in [2.05, 4.69) is 5.32 Å². The summed E-state index contributed by atoms with van der Waals surface area (Å²) in [7, 11) is -3.74. The molecule has 1 heterocycles. The maximum atomic E-state index is 13.1. The molecule has 3 aromatic rings. The summed E-state index contributed by atoms with van der Waals surface area (Å²) in [6.07, 6.45) is 1.43. The normalized spacial score (nSPS) is 12.5. The van der Waals surface area contributed by atoms with Gasteiger partial charge in [0.15, 0.2) is 9.84 Å². The van der Waals surface area contributed by atoms with E-state index < -0.39 is 15.1 Å². The molecule has 0 radical (unpaired) electrons. The summed E-state index contributed by atoms with van der Waals surface area (Å²) < 4.78 is 31.6. The van der Waals surface area contributed by atoms with E-state index >= 15 is 0 Å². The molecule has 5 nitrogen and oxygen atoms in total. The molecule has 140 valence electrons. The van der Waals surface area contributed by atoms with Crippen LogP contribution in [0.15, 0.2) is 76.2 Å². The van der Waals surface area contributed by atoms with E-state index in [1.54, 1.807) is 54.6 Å². The van der Waals surface area contributed by atoms with Crippen molar-refractivity contribution in [1.82, 2.24) is 5.32 Å². The Bertz CT molecular complexity index is 1020. The van der Waals surface area contributed by atoms with Gasteiger partial charge in [0.25, 0.3) is 5.91 Å². The molecule has 27 heavy (non-hydrogen) atoms. The second kappa shape index (κ2) is 7.80. The summed E-state index contributed by atoms with van der Waals surface area (Å²) in [5.41, 5.74) is 2.41. The lowest BCUT2D eigenvalue weighted by molar-refractivity contribution is 0.0953. The van der Waals surface area contributed by atoms with Crippen LogP contribution in [0.4, 0.5) is 0 Å². The van der Waals surface area contributed by atoms with Crippen molar-refractivity contribution in [1.29, 1.82) is 0 Å². The van der Waals surface area contributed by atoms with Crippen molar-refractivity contribution in [3.05, 3.63) is 89.4 Å². The van der Waals surface area contributed by atoms with Crippen LogP contribution in [0.3, 0.4) is 0 Å². The fourth-order valence-electron chi connectivity index (χ4n) is 2.80. The molecule has 0 fully saturated rings. The number of hydrogen-bond acceptors (Lipinski definition) is 4. The Kier molecular flexibility index (Phi) is 5.46. The minimum atomic E-state index is -3.74. The topological polar surface area (TPSA) is 76.4 Å². The van der Waals surface area contributed by atoms with Crippen molar-refractivity contribution in [3.8, 4) is 0 Å². The quantitative estimate of drug-likeness (QED) is 0.702. The number of rotatable bonds is 6. The summed E-state index contributed by atoms with van der Waals surface area (Å²) in [6, 6.07) is 17.0. The van der Waals surface area contributed by atoms with Crippen LogP contribution in [0.1, 0.15) is 32.5 Å². The lowest BCUT2D eigenvalue weighted by atomic mass is 10.1. The molecule has 0 aliphatic rings. The summed E-state index contributed by atoms with van der Waals surface area (Å²) in [6.45, 7) is 3.70. The van der Waals surface area contributed by atoms with Gasteiger partial charge < -0.3 is 9.73 Å². The van der Waals surface area contributed by atoms with Gasteiger partial charge in [-0.05, 0) is 50.2 Å². The maximum absolute atomic E-state index is 13.1. The SMILES string of the molecule is Cc1ccc(S(=O)(=O)[C@H](CNC(=O)c2cccc(C)c2)c2ccco2)cc1. The van der Waals surface area contributed by atoms with Crippen molar-refractivity contribution in [3.63, 3.8) is 0 Å². The van der Waals surface area contributed by atoms with E-state index in [1.165, 1.54) is 6.26 Å². The van der Waals surface area contributed by atoms with E-state index in [1.807, 2.05) is 19.9 Å². The molecule has 2 aromatic carbocycles. The van der Waals surface area contributed by atoms with Gasteiger partial charge >= 0.3 is 0 Å². The number of carbonyl (C=O) groups excluding carboxylic acids is 1. The van der Waals surface area contributed by atoms with Gasteiger partial charge in [0.2, 0.25) is 0 Å². The van der Waals surface area contributed by atoms with Gasteiger partial charge in [-0.15, -0.1) is 0 Å². The molecule has 0 spiro atoms. The number of hydrogen-bond donors (Lipinski definition) is 1. The Labute approximate surface area is 159 Å². The number of sulfone groups is 1. The molecule has 0 aliphatic carbocycles. The minimum Gasteiger partial charge on any atom is -0.468 e. The van der Waals surface area contributed by atoms with Crippen LogP contribution in [0, 0.1) is 13.8 Å². The average molecular weight is 383 g/mol. The van der Waals surface area contributed by atoms with Crippen LogP contribution in [0.2, 0.25) is 0 Å². The average Bonchev–Trinajstić information content (AvgIpc) is 3.16. The van der Waals surface area contributed by atoms with Gasteiger partial charge in [0.05, 0.1) is 11.2 Å². The lowest BCUT2D eigenvalue weighted by Gasteiger charge is -2.17. The first-order chi connectivity index (χ1) is 12.9. The summed E-state index contributed by atoms with van der Waals surface area (Å²) >= 11 is 0. The predicted molar refractivity (Wildman–Crippen MR) is 103 cm³/mol. The Morgan fingerprint density at radius 3 is 2.37 bits per heavy atom. The molecule has 0 saturated heterocycles. The Morgan fingerprint density at radius 1 is 1.00 bits per heavy atom. The summed E-state index contributed by atoms with van der Waals surface area (Å²) in [5.74, 6) is -0.0329. The molecule has 1 aromatic heterocycles. The maximum Gasteiger partial charge on any atom is 0.251 e. The first-order valence-electron chi connectivity index (χ1n) is 8.57. The molecule has 1 atom stereocenters. The molecule has 1 N–H and O–H groups in total. The van der Waals surface area contributed by atoms with Gasteiger partial charge in [-0.25, -0.2) is 8.42 Å². The van der Waals surface area contributed by atoms with Gasteiger partial charge in [-0.1, -0.05) is 35.4 Å². The zero-order valence-electron chi connectivity index (χ0n) is 15.2. The van der Waals surface area contributed by atoms with Crippen molar-refractivity contribution in [2.75, 3.05) is 6.54 Å². The van der Waals surface area contributed by atoms with Crippen LogP contribution >= 0.6 is 0 Å². The molecule has 0 bridgehead atoms. The molecule has 0 unspecified atom stereocenters. The van der Waals surface area contributed by atoms with Crippen molar-refractivity contribution >= 4 is 15.7 Å². The fraction of sp³-hybridized carbons (Fsp3) is 0.190. The van der Waals surface area contributed by atoms with Gasteiger partial charge in [-0.3, -0.25) is 4.79 Å².